The molecule has 6 nitrogen and oxygen atoms in total. The second-order valence-corrected chi connectivity index (χ2v) is 6.16. The van der Waals surface area contributed by atoms with E-state index in [1.54, 1.807) is 6.92 Å². The number of nitrogens with zero attached hydrogens (tertiary/aromatic N) is 1. The van der Waals surface area contributed by atoms with Gasteiger partial charge in [0, 0.05) is 6.04 Å². The smallest absolute Gasteiger partial charge is 0.331 e. The van der Waals surface area contributed by atoms with Gasteiger partial charge in [0.1, 0.15) is 0 Å². The van der Waals surface area contributed by atoms with E-state index in [1.165, 1.54) is 11.8 Å². The molecule has 1 amide bonds. The molecular weight excluding hydrogens is 253 g/mol. The summed E-state index contributed by atoms with van der Waals surface area (Å²) in [5.74, 6) is -1.37. The minimum Gasteiger partial charge on any atom is -0.479 e. The van der Waals surface area contributed by atoms with Crippen molar-refractivity contribution in [2.75, 3.05) is 12.8 Å². The summed E-state index contributed by atoms with van der Waals surface area (Å²) in [5.41, 5.74) is 10.4. The third kappa shape index (κ3) is 2.51. The van der Waals surface area contributed by atoms with Crippen LogP contribution in [0.5, 0.6) is 0 Å². The summed E-state index contributed by atoms with van der Waals surface area (Å²) in [4.78, 5) is 24.5. The lowest BCUT2D eigenvalue weighted by atomic mass is 10.0. The first-order valence-corrected chi connectivity index (χ1v) is 7.71. The maximum atomic E-state index is 11.9. The van der Waals surface area contributed by atoms with Gasteiger partial charge in [-0.25, -0.2) is 4.79 Å². The predicted molar refractivity (Wildman–Crippen MR) is 72.0 cm³/mol. The Labute approximate surface area is 109 Å². The van der Waals surface area contributed by atoms with E-state index in [0.717, 1.165) is 21.2 Å². The number of carboxylic acids is 1. The van der Waals surface area contributed by atoms with Crippen LogP contribution in [0.4, 0.5) is 0 Å². The zero-order valence-electron chi connectivity index (χ0n) is 11.0. The van der Waals surface area contributed by atoms with E-state index < -0.39 is 23.6 Å². The topological polar surface area (TPSA) is 109 Å². The molecule has 3 unspecified atom stereocenters. The number of carboxylic acid groups (broad SMARTS) is 1. The van der Waals surface area contributed by atoms with E-state index in [4.69, 9.17) is 11.5 Å². The van der Waals surface area contributed by atoms with E-state index in [2.05, 4.69) is 6.66 Å². The third-order valence-electron chi connectivity index (χ3n) is 3.48. The molecule has 18 heavy (non-hydrogen) atoms. The van der Waals surface area contributed by atoms with Crippen molar-refractivity contribution in [2.24, 2.45) is 11.5 Å². The van der Waals surface area contributed by atoms with Crippen LogP contribution in [0.3, 0.4) is 0 Å². The summed E-state index contributed by atoms with van der Waals surface area (Å²) >= 11 is 0. The molecule has 0 aliphatic carbocycles. The molecule has 1 rings (SSSR count). The highest BCUT2D eigenvalue weighted by Gasteiger charge is 2.69. The quantitative estimate of drug-likeness (QED) is 0.443. The van der Waals surface area contributed by atoms with E-state index in [-0.39, 0.29) is 11.9 Å². The standard InChI is InChI=1S/C11H22N3O3P/c1-6(12)9(15)14-8(7(13)4-5-18-3)11(14,2)10(16)17/h6-8,18H,4-5,12-13H2,1-3H3,(H,16,17)/t6-,7?,8?,11+,14?/m0/s1. The molecule has 1 aliphatic heterocycles. The Morgan fingerprint density at radius 3 is 2.44 bits per heavy atom. The molecule has 0 radical (unpaired) electrons. The lowest BCUT2D eigenvalue weighted by Gasteiger charge is -2.11. The van der Waals surface area contributed by atoms with Crippen molar-refractivity contribution in [3.63, 3.8) is 0 Å². The van der Waals surface area contributed by atoms with Crippen LogP contribution < -0.4 is 11.5 Å². The molecule has 0 aromatic carbocycles. The summed E-state index contributed by atoms with van der Waals surface area (Å²) in [6.07, 6.45) is 1.68. The fourth-order valence-corrected chi connectivity index (χ4v) is 2.93. The van der Waals surface area contributed by atoms with E-state index >= 15 is 0 Å². The van der Waals surface area contributed by atoms with Gasteiger partial charge in [-0.3, -0.25) is 4.79 Å². The Hall–Kier alpha value is -0.710. The Bertz CT molecular complexity index is 350. The average molecular weight is 275 g/mol. The molecule has 1 aliphatic rings. The van der Waals surface area contributed by atoms with Gasteiger partial charge in [0.15, 0.2) is 5.54 Å². The Balaban J connectivity index is 2.83. The first-order chi connectivity index (χ1) is 8.28. The molecule has 1 fully saturated rings. The second-order valence-electron chi connectivity index (χ2n) is 4.95. The van der Waals surface area contributed by atoms with Gasteiger partial charge in [0.25, 0.3) is 0 Å². The van der Waals surface area contributed by atoms with Gasteiger partial charge in [-0.2, -0.15) is 0 Å². The van der Waals surface area contributed by atoms with Gasteiger partial charge in [-0.15, -0.1) is 8.58 Å². The molecule has 0 aromatic rings. The molecule has 0 saturated carbocycles. The van der Waals surface area contributed by atoms with Gasteiger partial charge in [-0.1, -0.05) is 0 Å². The summed E-state index contributed by atoms with van der Waals surface area (Å²) in [6.45, 7) is 5.16. The van der Waals surface area contributed by atoms with Crippen molar-refractivity contribution in [2.45, 2.75) is 43.9 Å². The molecule has 1 saturated heterocycles. The number of hydrogen-bond donors (Lipinski definition) is 3. The minimum absolute atomic E-state index is 0.304. The lowest BCUT2D eigenvalue weighted by molar-refractivity contribution is -0.143. The molecular formula is C11H22N3O3P. The van der Waals surface area contributed by atoms with E-state index in [0.29, 0.717) is 0 Å². The number of amides is 1. The summed E-state index contributed by atoms with van der Waals surface area (Å²) in [7, 11) is 0.774. The SMILES string of the molecule is CPCCC(N)C1N(C(=O)[C@H](C)N)[C@@]1(C)C(=O)O. The third-order valence-corrected chi connectivity index (χ3v) is 4.27. The molecule has 104 valence electrons. The maximum absolute atomic E-state index is 11.9. The maximum Gasteiger partial charge on any atom is 0.331 e. The fraction of sp³-hybridized carbons (Fsp3) is 0.818. The van der Waals surface area contributed by atoms with Crippen LogP contribution in [0.15, 0.2) is 0 Å². The van der Waals surface area contributed by atoms with Crippen LogP contribution in [0.1, 0.15) is 20.3 Å². The zero-order valence-corrected chi connectivity index (χ0v) is 12.0. The molecule has 0 aromatic heterocycles. The number of hydrogen-bond acceptors (Lipinski definition) is 4. The first kappa shape index (κ1) is 15.3. The predicted octanol–water partition coefficient (Wildman–Crippen LogP) is -0.587. The fourth-order valence-electron chi connectivity index (χ4n) is 2.31. The lowest BCUT2D eigenvalue weighted by Crippen LogP contribution is -2.38. The summed E-state index contributed by atoms with van der Waals surface area (Å²) < 4.78 is 0. The van der Waals surface area contributed by atoms with Crippen LogP contribution in [-0.4, -0.2) is 58.4 Å². The van der Waals surface area contributed by atoms with Crippen molar-refractivity contribution in [1.29, 1.82) is 0 Å². The molecule has 1 heterocycles. The number of rotatable bonds is 6. The van der Waals surface area contributed by atoms with Crippen molar-refractivity contribution in [1.82, 2.24) is 4.90 Å². The zero-order chi connectivity index (χ0) is 14.1. The monoisotopic (exact) mass is 275 g/mol. The van der Waals surface area contributed by atoms with Crippen LogP contribution >= 0.6 is 8.58 Å². The van der Waals surface area contributed by atoms with E-state index in [1.807, 2.05) is 0 Å². The highest BCUT2D eigenvalue weighted by Crippen LogP contribution is 2.44. The largest absolute Gasteiger partial charge is 0.479 e. The van der Waals surface area contributed by atoms with Crippen LogP contribution in [-0.2, 0) is 9.59 Å². The molecule has 5 N–H and O–H groups in total. The number of nitrogens with two attached hydrogens (primary N) is 2. The Morgan fingerprint density at radius 1 is 1.50 bits per heavy atom. The Morgan fingerprint density at radius 2 is 2.06 bits per heavy atom. The van der Waals surface area contributed by atoms with Gasteiger partial charge in [0.2, 0.25) is 5.91 Å². The molecule has 0 spiro atoms. The second kappa shape index (κ2) is 5.51. The van der Waals surface area contributed by atoms with Crippen LogP contribution in [0.25, 0.3) is 0 Å². The molecule has 0 bridgehead atoms. The number of carbonyl (C=O) groups is 2. The van der Waals surface area contributed by atoms with Crippen molar-refractivity contribution in [3.05, 3.63) is 0 Å². The summed E-state index contributed by atoms with van der Waals surface area (Å²) in [6, 6.07) is -1.44. The van der Waals surface area contributed by atoms with Gasteiger partial charge >= 0.3 is 5.97 Å². The van der Waals surface area contributed by atoms with Crippen molar-refractivity contribution < 1.29 is 14.7 Å². The number of aliphatic carboxylic acids is 1. The minimum atomic E-state index is -1.19. The van der Waals surface area contributed by atoms with Gasteiger partial charge < -0.3 is 21.5 Å². The molecule has 5 atom stereocenters. The highest BCUT2D eigenvalue weighted by molar-refractivity contribution is 7.36. The first-order valence-electron chi connectivity index (χ1n) is 6.00. The molecule has 7 heteroatoms. The summed E-state index contributed by atoms with van der Waals surface area (Å²) in [5, 5.41) is 9.27. The Kier molecular flexibility index (Phi) is 4.70. The average Bonchev–Trinajstić information content (AvgIpc) is 2.93. The van der Waals surface area contributed by atoms with Crippen LogP contribution in [0.2, 0.25) is 0 Å². The highest BCUT2D eigenvalue weighted by atomic mass is 31.1. The number of carbonyl (C=O) groups excluding carboxylic acids is 1. The van der Waals surface area contributed by atoms with Crippen LogP contribution in [0, 0.1) is 0 Å². The van der Waals surface area contributed by atoms with Crippen molar-refractivity contribution in [3.8, 4) is 0 Å². The van der Waals surface area contributed by atoms with Crippen molar-refractivity contribution >= 4 is 20.5 Å². The van der Waals surface area contributed by atoms with Gasteiger partial charge in [-0.05, 0) is 33.1 Å². The van der Waals surface area contributed by atoms with Gasteiger partial charge in [0.05, 0.1) is 12.1 Å². The normalized spacial score (nSPS) is 30.5. The van der Waals surface area contributed by atoms with E-state index in [9.17, 15) is 14.7 Å².